The molecule has 0 aliphatic heterocycles. The van der Waals surface area contributed by atoms with Crippen molar-refractivity contribution in [2.24, 2.45) is 0 Å². The summed E-state index contributed by atoms with van der Waals surface area (Å²) in [5, 5.41) is 8.58. The van der Waals surface area contributed by atoms with Crippen LogP contribution in [0.25, 0.3) is 0 Å². The summed E-state index contributed by atoms with van der Waals surface area (Å²) in [6.45, 7) is 0. The zero-order valence-electron chi connectivity index (χ0n) is 9.40. The van der Waals surface area contributed by atoms with E-state index in [1.54, 1.807) is 12.1 Å². The zero-order valence-corrected chi connectivity index (χ0v) is 10.2. The van der Waals surface area contributed by atoms with Gasteiger partial charge in [0.2, 0.25) is 0 Å². The molecule has 0 unspecified atom stereocenters. The van der Waals surface area contributed by atoms with Crippen molar-refractivity contribution in [3.63, 3.8) is 0 Å². The molecule has 0 saturated heterocycles. The number of hydrogen-bond acceptors (Lipinski definition) is 4. The van der Waals surface area contributed by atoms with Crippen LogP contribution >= 0.6 is 11.8 Å². The molecule has 1 aromatic rings. The molecule has 90 valence electrons. The summed E-state index contributed by atoms with van der Waals surface area (Å²) in [6, 6.07) is 6.27. The van der Waals surface area contributed by atoms with E-state index < -0.39 is 0 Å². The molecule has 1 aromatic carbocycles. The van der Waals surface area contributed by atoms with Gasteiger partial charge in [0.1, 0.15) is 5.82 Å². The second-order valence-electron chi connectivity index (χ2n) is 3.30. The Labute approximate surface area is 104 Å². The molecular formula is C12H12FNO2S. The number of halogens is 1. The van der Waals surface area contributed by atoms with Gasteiger partial charge in [0.05, 0.1) is 25.2 Å². The number of nitriles is 1. The quantitative estimate of drug-likeness (QED) is 0.597. The molecule has 0 fully saturated rings. The van der Waals surface area contributed by atoms with E-state index in [2.05, 4.69) is 4.74 Å². The van der Waals surface area contributed by atoms with Gasteiger partial charge in [-0.1, -0.05) is 6.07 Å². The topological polar surface area (TPSA) is 50.1 Å². The Hall–Kier alpha value is -1.54. The molecule has 0 atom stereocenters. The summed E-state index contributed by atoms with van der Waals surface area (Å²) in [4.78, 5) is 10.8. The molecule has 0 aliphatic rings. The van der Waals surface area contributed by atoms with Gasteiger partial charge in [-0.05, 0) is 17.7 Å². The number of benzene rings is 1. The van der Waals surface area contributed by atoms with Crippen molar-refractivity contribution in [1.29, 1.82) is 5.26 Å². The number of thioether (sulfide) groups is 1. The van der Waals surface area contributed by atoms with Gasteiger partial charge in [0, 0.05) is 11.5 Å². The van der Waals surface area contributed by atoms with Gasteiger partial charge in [-0.15, -0.1) is 0 Å². The molecule has 17 heavy (non-hydrogen) atoms. The lowest BCUT2D eigenvalue weighted by Gasteiger charge is -2.03. The number of rotatable bonds is 5. The van der Waals surface area contributed by atoms with E-state index in [0.717, 1.165) is 0 Å². The number of carbonyl (C=O) groups excluding carboxylic acids is 1. The Morgan fingerprint density at radius 2 is 2.35 bits per heavy atom. The van der Waals surface area contributed by atoms with Crippen molar-refractivity contribution >= 4 is 17.7 Å². The number of carbonyl (C=O) groups is 1. The van der Waals surface area contributed by atoms with Crippen molar-refractivity contribution in [3.8, 4) is 6.07 Å². The van der Waals surface area contributed by atoms with E-state index >= 15 is 0 Å². The Bertz CT molecular complexity index is 443. The van der Waals surface area contributed by atoms with Crippen molar-refractivity contribution in [3.05, 3.63) is 35.1 Å². The maximum absolute atomic E-state index is 13.4. The van der Waals surface area contributed by atoms with Gasteiger partial charge in [-0.25, -0.2) is 4.39 Å². The smallest absolute Gasteiger partial charge is 0.306 e. The van der Waals surface area contributed by atoms with E-state index in [9.17, 15) is 9.18 Å². The van der Waals surface area contributed by atoms with Gasteiger partial charge in [0.15, 0.2) is 0 Å². The minimum absolute atomic E-state index is 0.266. The molecule has 0 bridgehead atoms. The first-order chi connectivity index (χ1) is 8.17. The third-order valence-corrected chi connectivity index (χ3v) is 3.13. The maximum Gasteiger partial charge on any atom is 0.306 e. The summed E-state index contributed by atoms with van der Waals surface area (Å²) < 4.78 is 17.9. The zero-order chi connectivity index (χ0) is 12.7. The summed E-state index contributed by atoms with van der Waals surface area (Å²) in [6.07, 6.45) is 0.319. The van der Waals surface area contributed by atoms with E-state index in [0.29, 0.717) is 29.1 Å². The minimum Gasteiger partial charge on any atom is -0.469 e. The minimum atomic E-state index is -0.380. The van der Waals surface area contributed by atoms with Gasteiger partial charge in [0.25, 0.3) is 0 Å². The van der Waals surface area contributed by atoms with Gasteiger partial charge in [-0.3, -0.25) is 4.79 Å². The van der Waals surface area contributed by atoms with Crippen LogP contribution in [0.3, 0.4) is 0 Å². The summed E-state index contributed by atoms with van der Waals surface area (Å²) in [7, 11) is 1.34. The molecule has 5 heteroatoms. The largest absolute Gasteiger partial charge is 0.469 e. The van der Waals surface area contributed by atoms with E-state index in [1.165, 1.54) is 24.9 Å². The number of hydrogen-bond donors (Lipinski definition) is 0. The Morgan fingerprint density at radius 1 is 1.59 bits per heavy atom. The second kappa shape index (κ2) is 6.92. The van der Waals surface area contributed by atoms with Crippen LogP contribution in [0.2, 0.25) is 0 Å². The second-order valence-corrected chi connectivity index (χ2v) is 4.40. The standard InChI is InChI=1S/C12H12FNO2S/c1-16-12(15)4-5-17-8-10-3-2-9(7-14)6-11(10)13/h2-3,6H,4-5,8H2,1H3. The van der Waals surface area contributed by atoms with Crippen LogP contribution in [-0.4, -0.2) is 18.8 Å². The predicted octanol–water partition coefficient (Wildman–Crippen LogP) is 2.49. The summed E-state index contributed by atoms with van der Waals surface area (Å²) in [5.41, 5.74) is 0.852. The fourth-order valence-electron chi connectivity index (χ4n) is 1.17. The Balaban J connectivity index is 2.42. The van der Waals surface area contributed by atoms with Crippen LogP contribution in [0.5, 0.6) is 0 Å². The SMILES string of the molecule is COC(=O)CCSCc1ccc(C#N)cc1F. The first-order valence-corrected chi connectivity index (χ1v) is 6.16. The molecule has 0 aliphatic carbocycles. The van der Waals surface area contributed by atoms with Crippen molar-refractivity contribution in [1.82, 2.24) is 0 Å². The summed E-state index contributed by atoms with van der Waals surface area (Å²) >= 11 is 1.45. The van der Waals surface area contributed by atoms with E-state index in [1.807, 2.05) is 6.07 Å². The monoisotopic (exact) mass is 253 g/mol. The highest BCUT2D eigenvalue weighted by molar-refractivity contribution is 7.98. The highest BCUT2D eigenvalue weighted by Crippen LogP contribution is 2.17. The van der Waals surface area contributed by atoms with Crippen LogP contribution in [0.15, 0.2) is 18.2 Å². The first kappa shape index (κ1) is 13.5. The maximum atomic E-state index is 13.4. The number of ether oxygens (including phenoxy) is 1. The van der Waals surface area contributed by atoms with Gasteiger partial charge < -0.3 is 4.74 Å². The summed E-state index contributed by atoms with van der Waals surface area (Å²) in [5.74, 6) is 0.424. The van der Waals surface area contributed by atoms with Crippen LogP contribution in [-0.2, 0) is 15.3 Å². The van der Waals surface area contributed by atoms with Crippen LogP contribution in [0.1, 0.15) is 17.5 Å². The average molecular weight is 253 g/mol. The molecule has 1 rings (SSSR count). The number of methoxy groups -OCH3 is 1. The molecule has 0 heterocycles. The molecule has 0 aromatic heterocycles. The lowest BCUT2D eigenvalue weighted by Crippen LogP contribution is -2.01. The average Bonchev–Trinajstić information content (AvgIpc) is 2.35. The van der Waals surface area contributed by atoms with Crippen LogP contribution in [0, 0.1) is 17.1 Å². The van der Waals surface area contributed by atoms with E-state index in [-0.39, 0.29) is 11.8 Å². The Morgan fingerprint density at radius 3 is 2.94 bits per heavy atom. The first-order valence-electron chi connectivity index (χ1n) is 5.00. The molecule has 0 amide bonds. The number of nitrogens with zero attached hydrogens (tertiary/aromatic N) is 1. The third-order valence-electron chi connectivity index (χ3n) is 2.12. The normalized spacial score (nSPS) is 9.71. The van der Waals surface area contributed by atoms with Crippen molar-refractivity contribution in [2.75, 3.05) is 12.9 Å². The third kappa shape index (κ3) is 4.45. The molecule has 0 saturated carbocycles. The highest BCUT2D eigenvalue weighted by Gasteiger charge is 2.05. The molecule has 0 N–H and O–H groups in total. The molecule has 0 radical (unpaired) electrons. The fourth-order valence-corrected chi connectivity index (χ4v) is 2.08. The highest BCUT2D eigenvalue weighted by atomic mass is 32.2. The lowest BCUT2D eigenvalue weighted by molar-refractivity contribution is -0.140. The lowest BCUT2D eigenvalue weighted by atomic mass is 10.1. The van der Waals surface area contributed by atoms with Crippen molar-refractivity contribution < 1.29 is 13.9 Å². The van der Waals surface area contributed by atoms with Gasteiger partial charge >= 0.3 is 5.97 Å². The fraction of sp³-hybridized carbons (Fsp3) is 0.333. The van der Waals surface area contributed by atoms with Crippen molar-refractivity contribution in [2.45, 2.75) is 12.2 Å². The number of esters is 1. The molecular weight excluding hydrogens is 241 g/mol. The van der Waals surface area contributed by atoms with E-state index in [4.69, 9.17) is 5.26 Å². The predicted molar refractivity (Wildman–Crippen MR) is 63.9 cm³/mol. The van der Waals surface area contributed by atoms with Crippen LogP contribution in [0.4, 0.5) is 4.39 Å². The Kier molecular flexibility index (Phi) is 5.50. The molecule has 3 nitrogen and oxygen atoms in total. The molecule has 0 spiro atoms. The van der Waals surface area contributed by atoms with Gasteiger partial charge in [-0.2, -0.15) is 17.0 Å². The van der Waals surface area contributed by atoms with Crippen LogP contribution < -0.4 is 0 Å².